The Morgan fingerprint density at radius 1 is 1.32 bits per heavy atom. The zero-order valence-corrected chi connectivity index (χ0v) is 14.9. The van der Waals surface area contributed by atoms with E-state index in [0.29, 0.717) is 16.5 Å². The number of benzene rings is 2. The van der Waals surface area contributed by atoms with Crippen LogP contribution in [0.5, 0.6) is 5.75 Å². The molecule has 2 aromatic rings. The van der Waals surface area contributed by atoms with Gasteiger partial charge in [0.2, 0.25) is 5.91 Å². The van der Waals surface area contributed by atoms with Gasteiger partial charge in [-0.2, -0.15) is 0 Å². The summed E-state index contributed by atoms with van der Waals surface area (Å²) in [6, 6.07) is 13.4. The fraction of sp³-hybridized carbons (Fsp3) is 0.188. The van der Waals surface area contributed by atoms with E-state index in [1.807, 2.05) is 30.3 Å². The lowest BCUT2D eigenvalue weighted by atomic mass is 10.2. The molecule has 1 atom stereocenters. The Labute approximate surface area is 146 Å². The van der Waals surface area contributed by atoms with E-state index in [9.17, 15) is 4.79 Å². The summed E-state index contributed by atoms with van der Waals surface area (Å²) < 4.78 is 6.16. The summed E-state index contributed by atoms with van der Waals surface area (Å²) in [6.45, 7) is 0. The van der Waals surface area contributed by atoms with Crippen molar-refractivity contribution in [2.24, 2.45) is 0 Å². The van der Waals surface area contributed by atoms with Crippen LogP contribution in [0.4, 0.5) is 5.69 Å². The Balaban J connectivity index is 2.01. The van der Waals surface area contributed by atoms with Gasteiger partial charge in [-0.1, -0.05) is 45.7 Å². The SMILES string of the molecule is COc1ccc(N2C(=O)CSC2c2ccccc2Br)cc1Cl. The number of ether oxygens (including phenoxy) is 1. The summed E-state index contributed by atoms with van der Waals surface area (Å²) in [4.78, 5) is 14.1. The number of nitrogens with zero attached hydrogens (tertiary/aromatic N) is 1. The third-order valence-corrected chi connectivity index (χ3v) is 5.66. The van der Waals surface area contributed by atoms with E-state index >= 15 is 0 Å². The number of carbonyl (C=O) groups is 1. The first-order chi connectivity index (χ1) is 10.6. The summed E-state index contributed by atoms with van der Waals surface area (Å²) in [6.07, 6.45) is 0. The molecule has 1 saturated heterocycles. The molecule has 22 heavy (non-hydrogen) atoms. The number of hydrogen-bond donors (Lipinski definition) is 0. The van der Waals surface area contributed by atoms with Crippen molar-refractivity contribution in [1.82, 2.24) is 0 Å². The Bertz CT molecular complexity index is 725. The van der Waals surface area contributed by atoms with Crippen LogP contribution >= 0.6 is 39.3 Å². The Morgan fingerprint density at radius 3 is 2.77 bits per heavy atom. The average Bonchev–Trinajstić information content (AvgIpc) is 2.89. The monoisotopic (exact) mass is 397 g/mol. The molecule has 114 valence electrons. The van der Waals surface area contributed by atoms with Gasteiger partial charge in [0.15, 0.2) is 0 Å². The van der Waals surface area contributed by atoms with Gasteiger partial charge in [0.05, 0.1) is 17.9 Å². The van der Waals surface area contributed by atoms with Gasteiger partial charge in [0.25, 0.3) is 0 Å². The molecule has 1 aliphatic heterocycles. The second-order valence-corrected chi connectivity index (χ2v) is 7.10. The molecule has 1 unspecified atom stereocenters. The molecule has 6 heteroatoms. The van der Waals surface area contributed by atoms with Gasteiger partial charge in [0.1, 0.15) is 11.1 Å². The predicted molar refractivity (Wildman–Crippen MR) is 94.8 cm³/mol. The van der Waals surface area contributed by atoms with Crippen molar-refractivity contribution >= 4 is 50.9 Å². The van der Waals surface area contributed by atoms with E-state index in [4.69, 9.17) is 16.3 Å². The smallest absolute Gasteiger partial charge is 0.238 e. The molecule has 3 nitrogen and oxygen atoms in total. The van der Waals surface area contributed by atoms with Crippen molar-refractivity contribution in [3.05, 3.63) is 57.5 Å². The van der Waals surface area contributed by atoms with Gasteiger partial charge < -0.3 is 4.74 Å². The van der Waals surface area contributed by atoms with Crippen molar-refractivity contribution in [1.29, 1.82) is 0 Å². The predicted octanol–water partition coefficient (Wildman–Crippen LogP) is 4.89. The van der Waals surface area contributed by atoms with Crippen LogP contribution in [0.3, 0.4) is 0 Å². The van der Waals surface area contributed by atoms with E-state index in [-0.39, 0.29) is 11.3 Å². The highest BCUT2D eigenvalue weighted by atomic mass is 79.9. The number of amides is 1. The van der Waals surface area contributed by atoms with Gasteiger partial charge in [-0.05, 0) is 29.8 Å². The topological polar surface area (TPSA) is 29.5 Å². The van der Waals surface area contributed by atoms with Crippen LogP contribution in [0.15, 0.2) is 46.9 Å². The average molecular weight is 399 g/mol. The highest BCUT2D eigenvalue weighted by molar-refractivity contribution is 9.10. The molecular formula is C16H13BrClNO2S. The maximum absolute atomic E-state index is 12.4. The van der Waals surface area contributed by atoms with E-state index < -0.39 is 0 Å². The van der Waals surface area contributed by atoms with Crippen molar-refractivity contribution < 1.29 is 9.53 Å². The van der Waals surface area contributed by atoms with Crippen molar-refractivity contribution in [2.75, 3.05) is 17.8 Å². The van der Waals surface area contributed by atoms with Crippen LogP contribution in [-0.4, -0.2) is 18.8 Å². The first-order valence-electron chi connectivity index (χ1n) is 6.63. The molecule has 0 radical (unpaired) electrons. The van der Waals surface area contributed by atoms with Crippen LogP contribution in [0.1, 0.15) is 10.9 Å². The maximum Gasteiger partial charge on any atom is 0.238 e. The first kappa shape index (κ1) is 15.7. The van der Waals surface area contributed by atoms with Crippen molar-refractivity contribution in [2.45, 2.75) is 5.37 Å². The summed E-state index contributed by atoms with van der Waals surface area (Å²) in [7, 11) is 1.57. The van der Waals surface area contributed by atoms with Crippen molar-refractivity contribution in [3.63, 3.8) is 0 Å². The van der Waals surface area contributed by atoms with Gasteiger partial charge in [0, 0.05) is 10.2 Å². The standard InChI is InChI=1S/C16H13BrClNO2S/c1-21-14-7-6-10(8-13(14)18)19-15(20)9-22-16(19)11-4-2-3-5-12(11)17/h2-8,16H,9H2,1H3. The molecule has 1 fully saturated rings. The minimum Gasteiger partial charge on any atom is -0.495 e. The quantitative estimate of drug-likeness (QED) is 0.737. The van der Waals surface area contributed by atoms with Crippen LogP contribution in [0.2, 0.25) is 5.02 Å². The lowest BCUT2D eigenvalue weighted by molar-refractivity contribution is -0.115. The molecule has 0 aliphatic carbocycles. The third kappa shape index (κ3) is 2.85. The molecule has 0 aromatic heterocycles. The number of carbonyl (C=O) groups excluding carboxylic acids is 1. The molecule has 0 spiro atoms. The summed E-state index contributed by atoms with van der Waals surface area (Å²) in [5.74, 6) is 1.13. The Hall–Kier alpha value is -1.17. The number of hydrogen-bond acceptors (Lipinski definition) is 3. The van der Waals surface area contributed by atoms with Crippen LogP contribution < -0.4 is 9.64 Å². The molecule has 1 amide bonds. The lowest BCUT2D eigenvalue weighted by Crippen LogP contribution is -2.27. The Morgan fingerprint density at radius 2 is 2.09 bits per heavy atom. The number of halogens is 2. The number of rotatable bonds is 3. The first-order valence-corrected chi connectivity index (χ1v) is 8.85. The molecule has 0 bridgehead atoms. The normalized spacial score (nSPS) is 17.9. The summed E-state index contributed by atoms with van der Waals surface area (Å²) in [5, 5.41) is 0.433. The van der Waals surface area contributed by atoms with Crippen LogP contribution in [0.25, 0.3) is 0 Å². The molecule has 0 saturated carbocycles. The van der Waals surface area contributed by atoms with Crippen LogP contribution in [0, 0.1) is 0 Å². The third-order valence-electron chi connectivity index (χ3n) is 3.45. The zero-order chi connectivity index (χ0) is 15.7. The second-order valence-electron chi connectivity index (χ2n) is 4.77. The molecular weight excluding hydrogens is 386 g/mol. The maximum atomic E-state index is 12.4. The molecule has 2 aromatic carbocycles. The largest absolute Gasteiger partial charge is 0.495 e. The lowest BCUT2D eigenvalue weighted by Gasteiger charge is -2.25. The van der Waals surface area contributed by atoms with E-state index in [0.717, 1.165) is 15.7 Å². The summed E-state index contributed by atoms with van der Waals surface area (Å²) >= 11 is 11.4. The fourth-order valence-electron chi connectivity index (χ4n) is 2.41. The van der Waals surface area contributed by atoms with E-state index in [1.165, 1.54) is 0 Å². The zero-order valence-electron chi connectivity index (χ0n) is 11.8. The van der Waals surface area contributed by atoms with Gasteiger partial charge in [-0.25, -0.2) is 0 Å². The van der Waals surface area contributed by atoms with E-state index in [2.05, 4.69) is 15.9 Å². The Kier molecular flexibility index (Phi) is 4.66. The molecule has 0 N–H and O–H groups in total. The highest BCUT2D eigenvalue weighted by Gasteiger charge is 2.35. The number of anilines is 1. The number of thioether (sulfide) groups is 1. The number of methoxy groups -OCH3 is 1. The van der Waals surface area contributed by atoms with Gasteiger partial charge in [-0.15, -0.1) is 11.8 Å². The minimum atomic E-state index is -0.0625. The minimum absolute atomic E-state index is 0.0625. The highest BCUT2D eigenvalue weighted by Crippen LogP contribution is 2.45. The molecule has 1 aliphatic rings. The van der Waals surface area contributed by atoms with Crippen LogP contribution in [-0.2, 0) is 4.79 Å². The molecule has 3 rings (SSSR count). The van der Waals surface area contributed by atoms with Gasteiger partial charge in [-0.3, -0.25) is 9.69 Å². The summed E-state index contributed by atoms with van der Waals surface area (Å²) in [5.41, 5.74) is 1.85. The molecule has 1 heterocycles. The van der Waals surface area contributed by atoms with Gasteiger partial charge >= 0.3 is 0 Å². The fourth-order valence-corrected chi connectivity index (χ4v) is 4.53. The van der Waals surface area contributed by atoms with Crippen molar-refractivity contribution in [3.8, 4) is 5.75 Å². The second kappa shape index (κ2) is 6.52. The van der Waals surface area contributed by atoms with E-state index in [1.54, 1.807) is 35.9 Å².